The van der Waals surface area contributed by atoms with Gasteiger partial charge in [0.2, 0.25) is 0 Å². The van der Waals surface area contributed by atoms with Gasteiger partial charge in [-0.05, 0) is 36.0 Å². The van der Waals surface area contributed by atoms with Crippen molar-refractivity contribution >= 4 is 23.4 Å². The van der Waals surface area contributed by atoms with Crippen molar-refractivity contribution in [3.8, 4) is 0 Å². The van der Waals surface area contributed by atoms with E-state index in [1.54, 1.807) is 0 Å². The van der Waals surface area contributed by atoms with E-state index in [1.807, 2.05) is 12.1 Å². The Hall–Kier alpha value is -1.68. The van der Waals surface area contributed by atoms with E-state index in [0.29, 0.717) is 10.8 Å². The summed E-state index contributed by atoms with van der Waals surface area (Å²) in [5.74, 6) is -0.203. The van der Waals surface area contributed by atoms with Crippen LogP contribution in [0.15, 0.2) is 46.9 Å². The zero-order valence-corrected chi connectivity index (χ0v) is 13.8. The largest absolute Gasteiger partial charge is 0.477 e. The number of nitrogens with one attached hydrogen (secondary N) is 1. The maximum Gasteiger partial charge on any atom is 0.341 e. The zero-order chi connectivity index (χ0) is 15.8. The highest BCUT2D eigenvalue weighted by Crippen LogP contribution is 2.49. The van der Waals surface area contributed by atoms with E-state index >= 15 is 0 Å². The van der Waals surface area contributed by atoms with Crippen LogP contribution in [0.3, 0.4) is 0 Å². The average Bonchev–Trinajstić information content (AvgIpc) is 3.14. The second kappa shape index (κ2) is 6.08. The van der Waals surface area contributed by atoms with Crippen LogP contribution in [0.2, 0.25) is 0 Å². The number of hydrogen-bond acceptors (Lipinski definition) is 3. The van der Waals surface area contributed by atoms with Crippen LogP contribution in [-0.4, -0.2) is 22.4 Å². The van der Waals surface area contributed by atoms with Crippen molar-refractivity contribution in [3.63, 3.8) is 0 Å². The molecule has 0 saturated heterocycles. The Morgan fingerprint density at radius 2 is 1.87 bits per heavy atom. The summed E-state index contributed by atoms with van der Waals surface area (Å²) in [4.78, 5) is 11.8. The molecule has 0 aromatic heterocycles. The first-order valence-electron chi connectivity index (χ1n) is 8.42. The fraction of sp³-hybridized carbons (Fsp3) is 0.421. The van der Waals surface area contributed by atoms with Gasteiger partial charge in [0.25, 0.3) is 0 Å². The minimum absolute atomic E-state index is 0.123. The van der Waals surface area contributed by atoms with Crippen molar-refractivity contribution in [2.45, 2.75) is 43.4 Å². The van der Waals surface area contributed by atoms with Crippen LogP contribution >= 0.6 is 11.8 Å². The molecule has 23 heavy (non-hydrogen) atoms. The molecule has 120 valence electrons. The summed E-state index contributed by atoms with van der Waals surface area (Å²) < 4.78 is 0. The van der Waals surface area contributed by atoms with Crippen LogP contribution < -0.4 is 5.32 Å². The molecule has 0 bridgehead atoms. The standard InChI is InChI=1S/C19H21NO2S/c21-19(22)15-11-14-18(23-15)16(12-7-3-1-4-8-12)17(20-14)13-9-5-2-6-10-13/h2,5-6,9-12,14,18,20H,1,3-4,7-8H2,(H,21,22). The molecule has 1 aromatic carbocycles. The highest BCUT2D eigenvalue weighted by Gasteiger charge is 2.43. The molecule has 3 aliphatic rings. The number of aliphatic carboxylic acids is 1. The molecule has 3 nitrogen and oxygen atoms in total. The molecule has 2 heterocycles. The molecule has 0 spiro atoms. The number of rotatable bonds is 3. The lowest BCUT2D eigenvalue weighted by molar-refractivity contribution is -0.131. The molecule has 1 aromatic rings. The summed E-state index contributed by atoms with van der Waals surface area (Å²) in [6.45, 7) is 0. The lowest BCUT2D eigenvalue weighted by atomic mass is 9.81. The van der Waals surface area contributed by atoms with E-state index in [9.17, 15) is 9.90 Å². The molecule has 1 aliphatic carbocycles. The van der Waals surface area contributed by atoms with Gasteiger partial charge in [0.05, 0.1) is 16.2 Å². The lowest BCUT2D eigenvalue weighted by Crippen LogP contribution is -2.26. The Morgan fingerprint density at radius 1 is 1.13 bits per heavy atom. The maximum absolute atomic E-state index is 11.3. The zero-order valence-electron chi connectivity index (χ0n) is 13.0. The molecule has 0 radical (unpaired) electrons. The highest BCUT2D eigenvalue weighted by molar-refractivity contribution is 8.05. The van der Waals surface area contributed by atoms with Gasteiger partial charge >= 0.3 is 5.97 Å². The van der Waals surface area contributed by atoms with Gasteiger partial charge in [0.1, 0.15) is 0 Å². The van der Waals surface area contributed by atoms with Gasteiger partial charge in [0, 0.05) is 5.70 Å². The number of fused-ring (bicyclic) bond motifs is 1. The Morgan fingerprint density at radius 3 is 2.57 bits per heavy atom. The smallest absolute Gasteiger partial charge is 0.341 e. The quantitative estimate of drug-likeness (QED) is 0.880. The number of carboxylic acid groups (broad SMARTS) is 1. The number of hydrogen-bond donors (Lipinski definition) is 2. The minimum atomic E-state index is -0.796. The van der Waals surface area contributed by atoms with E-state index in [4.69, 9.17) is 0 Å². The summed E-state index contributed by atoms with van der Waals surface area (Å²) >= 11 is 1.53. The third-order valence-electron chi connectivity index (χ3n) is 5.14. The third kappa shape index (κ3) is 2.69. The molecule has 1 fully saturated rings. The first kappa shape index (κ1) is 14.9. The number of benzene rings is 1. The van der Waals surface area contributed by atoms with Crippen molar-refractivity contribution in [1.82, 2.24) is 5.32 Å². The van der Waals surface area contributed by atoms with E-state index in [-0.39, 0.29) is 11.3 Å². The van der Waals surface area contributed by atoms with Crippen LogP contribution in [-0.2, 0) is 4.79 Å². The summed E-state index contributed by atoms with van der Waals surface area (Å²) in [7, 11) is 0. The summed E-state index contributed by atoms with van der Waals surface area (Å²) in [5.41, 5.74) is 3.94. The molecule has 2 aliphatic heterocycles. The average molecular weight is 327 g/mol. The molecule has 4 rings (SSSR count). The predicted molar refractivity (Wildman–Crippen MR) is 94.0 cm³/mol. The summed E-state index contributed by atoms with van der Waals surface area (Å²) in [6.07, 6.45) is 8.28. The van der Waals surface area contributed by atoms with Crippen LogP contribution in [0, 0.1) is 5.92 Å². The van der Waals surface area contributed by atoms with Crippen LogP contribution in [0.5, 0.6) is 0 Å². The molecule has 4 heteroatoms. The topological polar surface area (TPSA) is 49.3 Å². The normalized spacial score (nSPS) is 27.6. The van der Waals surface area contributed by atoms with Crippen LogP contribution in [0.4, 0.5) is 0 Å². The molecular weight excluding hydrogens is 306 g/mol. The molecule has 2 N–H and O–H groups in total. The Balaban J connectivity index is 1.71. The Labute approximate surface area is 140 Å². The van der Waals surface area contributed by atoms with Crippen LogP contribution in [0.1, 0.15) is 37.7 Å². The van der Waals surface area contributed by atoms with Gasteiger partial charge in [-0.3, -0.25) is 0 Å². The van der Waals surface area contributed by atoms with Crippen molar-refractivity contribution in [3.05, 3.63) is 52.4 Å². The number of carboxylic acids is 1. The van der Waals surface area contributed by atoms with Crippen molar-refractivity contribution in [2.24, 2.45) is 5.92 Å². The van der Waals surface area contributed by atoms with Gasteiger partial charge in [-0.25, -0.2) is 4.79 Å². The van der Waals surface area contributed by atoms with Crippen LogP contribution in [0.25, 0.3) is 5.70 Å². The van der Waals surface area contributed by atoms with Gasteiger partial charge in [-0.2, -0.15) is 0 Å². The van der Waals surface area contributed by atoms with Crippen molar-refractivity contribution in [1.29, 1.82) is 0 Å². The number of carbonyl (C=O) groups is 1. The van der Waals surface area contributed by atoms with E-state index in [0.717, 1.165) is 0 Å². The lowest BCUT2D eigenvalue weighted by Gasteiger charge is -2.27. The highest BCUT2D eigenvalue weighted by atomic mass is 32.2. The summed E-state index contributed by atoms with van der Waals surface area (Å²) in [5, 5.41) is 13.2. The van der Waals surface area contributed by atoms with E-state index in [1.165, 1.54) is 60.7 Å². The molecule has 0 amide bonds. The third-order valence-corrected chi connectivity index (χ3v) is 6.50. The monoisotopic (exact) mass is 327 g/mol. The van der Waals surface area contributed by atoms with Gasteiger partial charge in [-0.1, -0.05) is 49.6 Å². The first-order valence-corrected chi connectivity index (χ1v) is 9.30. The van der Waals surface area contributed by atoms with Gasteiger partial charge in [0.15, 0.2) is 0 Å². The molecule has 1 saturated carbocycles. The fourth-order valence-corrected chi connectivity index (χ4v) is 5.42. The van der Waals surface area contributed by atoms with Crippen molar-refractivity contribution in [2.75, 3.05) is 0 Å². The van der Waals surface area contributed by atoms with E-state index < -0.39 is 5.97 Å². The SMILES string of the molecule is O=C(O)C1=CC2NC(c3ccccc3)=C(C3CCCCC3)C2S1. The Kier molecular flexibility index (Phi) is 3.93. The second-order valence-corrected chi connectivity index (χ2v) is 7.76. The molecular formula is C19H21NO2S. The Bertz CT molecular complexity index is 674. The predicted octanol–water partition coefficient (Wildman–Crippen LogP) is 4.03. The molecule has 2 atom stereocenters. The second-order valence-electron chi connectivity index (χ2n) is 6.58. The van der Waals surface area contributed by atoms with Gasteiger partial charge in [-0.15, -0.1) is 11.8 Å². The van der Waals surface area contributed by atoms with Crippen molar-refractivity contribution < 1.29 is 9.90 Å². The summed E-state index contributed by atoms with van der Waals surface area (Å²) in [6, 6.07) is 10.6. The minimum Gasteiger partial charge on any atom is -0.477 e. The number of thioether (sulfide) groups is 1. The first-order chi connectivity index (χ1) is 11.2. The molecule has 2 unspecified atom stereocenters. The maximum atomic E-state index is 11.3. The van der Waals surface area contributed by atoms with Gasteiger partial charge < -0.3 is 10.4 Å². The fourth-order valence-electron chi connectivity index (χ4n) is 4.09. The van der Waals surface area contributed by atoms with E-state index in [2.05, 4.69) is 29.6 Å².